The van der Waals surface area contributed by atoms with Crippen molar-refractivity contribution in [3.05, 3.63) is 29.0 Å². The van der Waals surface area contributed by atoms with Gasteiger partial charge in [-0.15, -0.1) is 0 Å². The lowest BCUT2D eigenvalue weighted by Crippen LogP contribution is -2.38. The lowest BCUT2D eigenvalue weighted by molar-refractivity contribution is -0.123. The smallest absolute Gasteiger partial charge is 0.241 e. The molecular weight excluding hydrogens is 249 g/mol. The van der Waals surface area contributed by atoms with Crippen LogP contribution in [0, 0.1) is 5.82 Å². The van der Waals surface area contributed by atoms with Crippen LogP contribution in [0.5, 0.6) is 0 Å². The van der Waals surface area contributed by atoms with Gasteiger partial charge in [0, 0.05) is 5.69 Å². The molecule has 1 unspecified atom stereocenters. The average Bonchev–Trinajstić information content (AvgIpc) is 2.22. The molecule has 0 bridgehead atoms. The van der Waals surface area contributed by atoms with Gasteiger partial charge in [0.15, 0.2) is 0 Å². The highest BCUT2D eigenvalue weighted by molar-refractivity contribution is 6.31. The van der Waals surface area contributed by atoms with Gasteiger partial charge in [-0.1, -0.05) is 11.6 Å². The molecule has 0 heterocycles. The summed E-state index contributed by atoms with van der Waals surface area (Å²) in [5, 5.41) is 2.27. The van der Waals surface area contributed by atoms with Crippen molar-refractivity contribution in [3.8, 4) is 0 Å². The molecule has 0 aliphatic heterocycles. The van der Waals surface area contributed by atoms with Gasteiger partial charge in [-0.25, -0.2) is 4.39 Å². The third-order valence-electron chi connectivity index (χ3n) is 1.95. The molecule has 0 radical (unpaired) electrons. The van der Waals surface area contributed by atoms with E-state index in [1.54, 1.807) is 0 Å². The molecule has 0 saturated carbocycles. The maximum Gasteiger partial charge on any atom is 0.241 e. The Kier molecular flexibility index (Phi) is 4.42. The van der Waals surface area contributed by atoms with E-state index in [1.165, 1.54) is 12.1 Å². The van der Waals surface area contributed by atoms with Crippen LogP contribution in [0.25, 0.3) is 0 Å². The second kappa shape index (κ2) is 5.60. The fraction of sp³-hybridized carbons (Fsp3) is 0.200. The van der Waals surface area contributed by atoms with Crippen molar-refractivity contribution >= 4 is 29.1 Å². The number of hydrogen-bond acceptors (Lipinski definition) is 3. The first kappa shape index (κ1) is 13.4. The van der Waals surface area contributed by atoms with Gasteiger partial charge in [0.1, 0.15) is 5.82 Å². The third-order valence-corrected chi connectivity index (χ3v) is 2.23. The van der Waals surface area contributed by atoms with Gasteiger partial charge in [-0.3, -0.25) is 9.59 Å². The number of hydrogen-bond donors (Lipinski definition) is 3. The fourth-order valence-corrected chi connectivity index (χ4v) is 1.30. The molecule has 0 aliphatic carbocycles. The molecule has 5 nitrogen and oxygen atoms in total. The molecule has 92 valence electrons. The minimum atomic E-state index is -1.05. The quantitative estimate of drug-likeness (QED) is 0.739. The lowest BCUT2D eigenvalue weighted by atomic mass is 10.2. The van der Waals surface area contributed by atoms with E-state index in [4.69, 9.17) is 23.1 Å². The normalized spacial score (nSPS) is 11.9. The van der Waals surface area contributed by atoms with Gasteiger partial charge >= 0.3 is 0 Å². The number of benzene rings is 1. The molecule has 7 heteroatoms. The van der Waals surface area contributed by atoms with Crippen LogP contribution in [0.4, 0.5) is 10.1 Å². The highest BCUT2D eigenvalue weighted by Crippen LogP contribution is 2.19. The number of carbonyl (C=O) groups is 2. The van der Waals surface area contributed by atoms with Gasteiger partial charge in [0.25, 0.3) is 0 Å². The summed E-state index contributed by atoms with van der Waals surface area (Å²) < 4.78 is 12.8. The van der Waals surface area contributed by atoms with Gasteiger partial charge < -0.3 is 16.8 Å². The van der Waals surface area contributed by atoms with Crippen LogP contribution < -0.4 is 16.8 Å². The van der Waals surface area contributed by atoms with Crippen molar-refractivity contribution in [3.63, 3.8) is 0 Å². The Morgan fingerprint density at radius 3 is 2.65 bits per heavy atom. The average molecular weight is 260 g/mol. The maximum absolute atomic E-state index is 12.8. The van der Waals surface area contributed by atoms with Crippen LogP contribution in [0.3, 0.4) is 0 Å². The van der Waals surface area contributed by atoms with Crippen LogP contribution in [-0.2, 0) is 9.59 Å². The van der Waals surface area contributed by atoms with E-state index in [0.29, 0.717) is 5.69 Å². The zero-order valence-electron chi connectivity index (χ0n) is 8.74. The number of primary amides is 1. The summed E-state index contributed by atoms with van der Waals surface area (Å²) in [6.07, 6.45) is -0.263. The van der Waals surface area contributed by atoms with Crippen LogP contribution in [0.15, 0.2) is 18.2 Å². The Morgan fingerprint density at radius 2 is 2.12 bits per heavy atom. The molecular formula is C10H11ClFN3O2. The first-order valence-electron chi connectivity index (χ1n) is 4.70. The van der Waals surface area contributed by atoms with E-state index in [0.717, 1.165) is 6.07 Å². The minimum absolute atomic E-state index is 0.119. The van der Waals surface area contributed by atoms with Crippen molar-refractivity contribution < 1.29 is 14.0 Å². The molecule has 17 heavy (non-hydrogen) atoms. The number of amides is 2. The van der Waals surface area contributed by atoms with E-state index < -0.39 is 23.7 Å². The van der Waals surface area contributed by atoms with E-state index in [-0.39, 0.29) is 11.4 Å². The molecule has 0 saturated heterocycles. The zero-order valence-corrected chi connectivity index (χ0v) is 9.50. The number of anilines is 1. The van der Waals surface area contributed by atoms with Crippen molar-refractivity contribution in [1.82, 2.24) is 0 Å². The van der Waals surface area contributed by atoms with Crippen LogP contribution in [-0.4, -0.2) is 17.9 Å². The Balaban J connectivity index is 2.67. The molecule has 5 N–H and O–H groups in total. The largest absolute Gasteiger partial charge is 0.370 e. The fourth-order valence-electron chi connectivity index (χ4n) is 1.12. The van der Waals surface area contributed by atoms with E-state index in [2.05, 4.69) is 5.32 Å². The molecule has 0 fully saturated rings. The molecule has 1 rings (SSSR count). The second-order valence-corrected chi connectivity index (χ2v) is 3.80. The molecule has 1 aromatic carbocycles. The SMILES string of the molecule is NC(=O)CC(N)C(=O)Nc1ccc(F)c(Cl)c1. The number of halogens is 2. The standard InChI is InChI=1S/C10H11ClFN3O2/c11-6-3-5(1-2-7(6)12)15-10(17)8(13)4-9(14)16/h1-3,8H,4,13H2,(H2,14,16)(H,15,17). The monoisotopic (exact) mass is 259 g/mol. The number of nitrogens with one attached hydrogen (secondary N) is 1. The Morgan fingerprint density at radius 1 is 1.47 bits per heavy atom. The summed E-state index contributed by atoms with van der Waals surface area (Å²) in [6.45, 7) is 0. The van der Waals surface area contributed by atoms with Gasteiger partial charge in [0.05, 0.1) is 17.5 Å². The van der Waals surface area contributed by atoms with Crippen LogP contribution >= 0.6 is 11.6 Å². The second-order valence-electron chi connectivity index (χ2n) is 3.40. The molecule has 1 aromatic rings. The van der Waals surface area contributed by atoms with E-state index in [9.17, 15) is 14.0 Å². The van der Waals surface area contributed by atoms with Crippen molar-refractivity contribution in [1.29, 1.82) is 0 Å². The molecule has 0 aromatic heterocycles. The summed E-state index contributed by atoms with van der Waals surface area (Å²) in [5.41, 5.74) is 10.6. The highest BCUT2D eigenvalue weighted by atomic mass is 35.5. The van der Waals surface area contributed by atoms with E-state index in [1.807, 2.05) is 0 Å². The topological polar surface area (TPSA) is 98.2 Å². The maximum atomic E-state index is 12.8. The summed E-state index contributed by atoms with van der Waals surface area (Å²) >= 11 is 5.53. The third kappa shape index (κ3) is 4.01. The van der Waals surface area contributed by atoms with Gasteiger partial charge in [-0.05, 0) is 18.2 Å². The van der Waals surface area contributed by atoms with Crippen molar-refractivity contribution in [2.75, 3.05) is 5.32 Å². The Bertz CT molecular complexity index is 453. The Labute approximate surface area is 102 Å². The lowest BCUT2D eigenvalue weighted by Gasteiger charge is -2.10. The molecule has 1 atom stereocenters. The number of nitrogens with two attached hydrogens (primary N) is 2. The molecule has 0 aliphatic rings. The highest BCUT2D eigenvalue weighted by Gasteiger charge is 2.16. The zero-order chi connectivity index (χ0) is 13.0. The molecule has 2 amide bonds. The van der Waals surface area contributed by atoms with E-state index >= 15 is 0 Å². The van der Waals surface area contributed by atoms with Gasteiger partial charge in [-0.2, -0.15) is 0 Å². The predicted octanol–water partition coefficient (Wildman–Crippen LogP) is 0.620. The summed E-state index contributed by atoms with van der Waals surface area (Å²) in [7, 11) is 0. The Hall–Kier alpha value is -1.66. The van der Waals surface area contributed by atoms with Gasteiger partial charge in [0.2, 0.25) is 11.8 Å². The first-order chi connectivity index (χ1) is 7.90. The minimum Gasteiger partial charge on any atom is -0.370 e. The van der Waals surface area contributed by atoms with Crippen LogP contribution in [0.2, 0.25) is 5.02 Å². The summed E-state index contributed by atoms with van der Waals surface area (Å²) in [6, 6.07) is 2.63. The number of rotatable bonds is 4. The van der Waals surface area contributed by atoms with Crippen molar-refractivity contribution in [2.45, 2.75) is 12.5 Å². The van der Waals surface area contributed by atoms with Crippen LogP contribution in [0.1, 0.15) is 6.42 Å². The first-order valence-corrected chi connectivity index (χ1v) is 5.07. The number of carbonyl (C=O) groups excluding carboxylic acids is 2. The predicted molar refractivity (Wildman–Crippen MR) is 61.8 cm³/mol. The summed E-state index contributed by atoms with van der Waals surface area (Å²) in [5.74, 6) is -1.86. The molecule has 0 spiro atoms. The van der Waals surface area contributed by atoms with Crippen molar-refractivity contribution in [2.24, 2.45) is 11.5 Å². The summed E-state index contributed by atoms with van der Waals surface area (Å²) in [4.78, 5) is 22.0.